The van der Waals surface area contributed by atoms with Crippen LogP contribution in [0.5, 0.6) is 0 Å². The number of piperidine rings is 1. The number of hydrogen-bond acceptors (Lipinski definition) is 6. The molecule has 1 aliphatic rings. The Labute approximate surface area is 163 Å². The van der Waals surface area contributed by atoms with E-state index in [1.54, 1.807) is 12.4 Å². The van der Waals surface area contributed by atoms with Gasteiger partial charge in [0.2, 0.25) is 5.89 Å². The van der Waals surface area contributed by atoms with Crippen LogP contribution < -0.4 is 10.7 Å². The molecule has 0 unspecified atom stereocenters. The predicted octanol–water partition coefficient (Wildman–Crippen LogP) is 4.37. The minimum absolute atomic E-state index is 0.0690. The fourth-order valence-corrected chi connectivity index (χ4v) is 3.39. The quantitative estimate of drug-likeness (QED) is 0.811. The van der Waals surface area contributed by atoms with Crippen molar-refractivity contribution in [2.75, 3.05) is 18.4 Å². The van der Waals surface area contributed by atoms with Crippen LogP contribution in [0.15, 0.2) is 16.8 Å². The molecule has 2 N–H and O–H groups in total. The molecule has 0 bridgehead atoms. The topological polar surface area (TPSA) is 83.3 Å². The van der Waals surface area contributed by atoms with Crippen molar-refractivity contribution in [1.29, 1.82) is 0 Å². The molecule has 8 heteroatoms. The molecule has 3 rings (SSSR count). The second kappa shape index (κ2) is 8.22. The van der Waals surface area contributed by atoms with Gasteiger partial charge in [-0.15, -0.1) is 0 Å². The molecule has 3 heterocycles. The first-order valence-corrected chi connectivity index (χ1v) is 10.0. The largest absolute Gasteiger partial charge is 0.441 e. The van der Waals surface area contributed by atoms with Crippen LogP contribution in [-0.2, 0) is 5.41 Å². The fraction of sp³-hybridized carbons (Fsp3) is 0.526. The number of hydrazine groups is 1. The van der Waals surface area contributed by atoms with Crippen LogP contribution in [0.25, 0.3) is 12.2 Å². The number of anilines is 1. The third-order valence-corrected chi connectivity index (χ3v) is 5.32. The zero-order valence-corrected chi connectivity index (χ0v) is 17.1. The van der Waals surface area contributed by atoms with E-state index in [1.165, 1.54) is 11.3 Å². The first-order valence-electron chi connectivity index (χ1n) is 9.22. The van der Waals surface area contributed by atoms with Crippen molar-refractivity contribution < 1.29 is 9.21 Å². The number of carbonyl (C=O) groups is 1. The summed E-state index contributed by atoms with van der Waals surface area (Å²) < 4.78 is 5.73. The van der Waals surface area contributed by atoms with Gasteiger partial charge in [-0.3, -0.25) is 10.7 Å². The maximum atomic E-state index is 12.1. The summed E-state index contributed by atoms with van der Waals surface area (Å²) in [6.45, 7) is 10.2. The van der Waals surface area contributed by atoms with E-state index in [-0.39, 0.29) is 11.4 Å². The third-order valence-electron chi connectivity index (χ3n) is 4.44. The van der Waals surface area contributed by atoms with Gasteiger partial charge in [0.15, 0.2) is 5.13 Å². The normalized spacial score (nSPS) is 16.7. The minimum Gasteiger partial charge on any atom is -0.441 e. The predicted molar refractivity (Wildman–Crippen MR) is 108 cm³/mol. The second-order valence-corrected chi connectivity index (χ2v) is 9.01. The molecule has 1 saturated heterocycles. The average Bonchev–Trinajstić information content (AvgIpc) is 3.24. The Balaban J connectivity index is 1.52. The van der Waals surface area contributed by atoms with E-state index in [4.69, 9.17) is 4.42 Å². The first kappa shape index (κ1) is 19.6. The van der Waals surface area contributed by atoms with Crippen molar-refractivity contribution in [1.82, 2.24) is 20.4 Å². The van der Waals surface area contributed by atoms with Gasteiger partial charge in [-0.25, -0.2) is 19.8 Å². The number of carbonyl (C=O) groups excluding carboxylic acids is 1. The monoisotopic (exact) mass is 389 g/mol. The number of rotatable bonds is 4. The Kier molecular flexibility index (Phi) is 5.96. The standard InChI is InChI=1S/C19H27N5O2S/c1-13-7-9-24(10-8-13)23-17(25)22-18-21-11-14(27-18)5-6-16-20-12-15(26-16)19(2,3)4/h5-6,11-13H,7-10H2,1-4H3,(H2,21,22,23,25)/b6-5+. The number of nitrogens with one attached hydrogen (secondary N) is 2. The first-order chi connectivity index (χ1) is 12.8. The van der Waals surface area contributed by atoms with E-state index in [2.05, 4.69) is 48.4 Å². The molecule has 2 aromatic rings. The lowest BCUT2D eigenvalue weighted by Crippen LogP contribution is -2.47. The molecule has 146 valence electrons. The van der Waals surface area contributed by atoms with Gasteiger partial charge in [0.25, 0.3) is 0 Å². The van der Waals surface area contributed by atoms with Gasteiger partial charge in [-0.05, 0) is 24.8 Å². The Morgan fingerprint density at radius 1 is 1.26 bits per heavy atom. The van der Waals surface area contributed by atoms with E-state index >= 15 is 0 Å². The van der Waals surface area contributed by atoms with Crippen LogP contribution in [0.2, 0.25) is 0 Å². The summed E-state index contributed by atoms with van der Waals surface area (Å²) in [5.74, 6) is 2.13. The number of hydrogen-bond donors (Lipinski definition) is 2. The summed E-state index contributed by atoms with van der Waals surface area (Å²) in [6.07, 6.45) is 9.36. The lowest BCUT2D eigenvalue weighted by molar-refractivity contribution is 0.140. The van der Waals surface area contributed by atoms with Crippen molar-refractivity contribution in [3.05, 3.63) is 28.9 Å². The van der Waals surface area contributed by atoms with Crippen LogP contribution in [0.4, 0.5) is 9.93 Å². The van der Waals surface area contributed by atoms with Crippen molar-refractivity contribution in [2.24, 2.45) is 5.92 Å². The zero-order chi connectivity index (χ0) is 19.4. The molecule has 7 nitrogen and oxygen atoms in total. The Hall–Kier alpha value is -2.19. The third kappa shape index (κ3) is 5.64. The van der Waals surface area contributed by atoms with Gasteiger partial charge in [0.05, 0.1) is 6.20 Å². The van der Waals surface area contributed by atoms with E-state index in [0.29, 0.717) is 11.0 Å². The molecule has 0 aliphatic carbocycles. The number of nitrogens with zero attached hydrogens (tertiary/aromatic N) is 3. The fourth-order valence-electron chi connectivity index (χ4n) is 2.68. The molecule has 2 aromatic heterocycles. The number of aromatic nitrogens is 2. The highest BCUT2D eigenvalue weighted by Gasteiger charge is 2.19. The van der Waals surface area contributed by atoms with Gasteiger partial charge in [-0.2, -0.15) is 0 Å². The van der Waals surface area contributed by atoms with E-state index in [1.807, 2.05) is 17.2 Å². The Bertz CT molecular complexity index is 797. The van der Waals surface area contributed by atoms with Crippen molar-refractivity contribution in [3.8, 4) is 0 Å². The van der Waals surface area contributed by atoms with Gasteiger partial charge in [0, 0.05) is 35.7 Å². The van der Waals surface area contributed by atoms with Crippen LogP contribution in [0.1, 0.15) is 57.1 Å². The highest BCUT2D eigenvalue weighted by molar-refractivity contribution is 7.16. The van der Waals surface area contributed by atoms with E-state index < -0.39 is 0 Å². The molecular formula is C19H27N5O2S. The van der Waals surface area contributed by atoms with Crippen LogP contribution in [0.3, 0.4) is 0 Å². The Morgan fingerprint density at radius 2 is 2.00 bits per heavy atom. The van der Waals surface area contributed by atoms with Crippen molar-refractivity contribution >= 4 is 34.7 Å². The van der Waals surface area contributed by atoms with E-state index in [9.17, 15) is 4.79 Å². The molecule has 2 amide bonds. The maximum absolute atomic E-state index is 12.1. The zero-order valence-electron chi connectivity index (χ0n) is 16.3. The summed E-state index contributed by atoms with van der Waals surface area (Å²) in [5, 5.41) is 5.30. The van der Waals surface area contributed by atoms with Gasteiger partial charge in [0.1, 0.15) is 5.76 Å². The van der Waals surface area contributed by atoms with Crippen molar-refractivity contribution in [2.45, 2.75) is 46.0 Å². The smallest absolute Gasteiger partial charge is 0.335 e. The highest BCUT2D eigenvalue weighted by Crippen LogP contribution is 2.24. The lowest BCUT2D eigenvalue weighted by atomic mass is 9.94. The van der Waals surface area contributed by atoms with E-state index in [0.717, 1.165) is 42.5 Å². The SMILES string of the molecule is CC1CCN(NC(=O)Nc2ncc(/C=C/c3ncc(C(C)(C)C)o3)s2)CC1. The molecule has 27 heavy (non-hydrogen) atoms. The molecular weight excluding hydrogens is 362 g/mol. The second-order valence-electron chi connectivity index (χ2n) is 7.95. The summed E-state index contributed by atoms with van der Waals surface area (Å²) in [4.78, 5) is 21.5. The molecule has 0 spiro atoms. The summed E-state index contributed by atoms with van der Waals surface area (Å²) in [5.41, 5.74) is 2.81. The highest BCUT2D eigenvalue weighted by atomic mass is 32.1. The number of amides is 2. The molecule has 1 aliphatic heterocycles. The maximum Gasteiger partial charge on any atom is 0.335 e. The summed E-state index contributed by atoms with van der Waals surface area (Å²) in [6, 6.07) is -0.253. The summed E-state index contributed by atoms with van der Waals surface area (Å²) >= 11 is 1.40. The van der Waals surface area contributed by atoms with Crippen LogP contribution in [-0.4, -0.2) is 34.1 Å². The Morgan fingerprint density at radius 3 is 2.67 bits per heavy atom. The lowest BCUT2D eigenvalue weighted by Gasteiger charge is -2.30. The minimum atomic E-state index is -0.253. The van der Waals surface area contributed by atoms with Gasteiger partial charge < -0.3 is 4.42 Å². The van der Waals surface area contributed by atoms with Crippen molar-refractivity contribution in [3.63, 3.8) is 0 Å². The average molecular weight is 390 g/mol. The van der Waals surface area contributed by atoms with Crippen LogP contribution in [0, 0.1) is 5.92 Å². The molecule has 0 aromatic carbocycles. The van der Waals surface area contributed by atoms with Crippen LogP contribution >= 0.6 is 11.3 Å². The summed E-state index contributed by atoms with van der Waals surface area (Å²) in [7, 11) is 0. The molecule has 0 atom stereocenters. The number of oxazole rings is 1. The molecule has 1 fully saturated rings. The molecule has 0 radical (unpaired) electrons. The molecule has 0 saturated carbocycles. The number of urea groups is 1. The van der Waals surface area contributed by atoms with Gasteiger partial charge >= 0.3 is 6.03 Å². The van der Waals surface area contributed by atoms with Gasteiger partial charge in [-0.1, -0.05) is 39.0 Å². The number of thiazole rings is 1.